The number of carbonyl (C=O) groups excluding carboxylic acids is 1. The molecule has 1 amide bonds. The van der Waals surface area contributed by atoms with Crippen LogP contribution in [0.1, 0.15) is 52.9 Å². The summed E-state index contributed by atoms with van der Waals surface area (Å²) in [6.45, 7) is 10.5. The van der Waals surface area contributed by atoms with E-state index in [9.17, 15) is 4.79 Å². The molecule has 0 aliphatic carbocycles. The topological polar surface area (TPSA) is 58.4 Å². The average Bonchev–Trinajstić information content (AvgIpc) is 2.90. The molecule has 1 fully saturated rings. The molecule has 0 radical (unpaired) electrons. The van der Waals surface area contributed by atoms with Gasteiger partial charge in [-0.05, 0) is 57.2 Å². The molecule has 20 heavy (non-hydrogen) atoms. The number of nitrogens with zero attached hydrogens (tertiary/aromatic N) is 1. The molecule has 4 nitrogen and oxygen atoms in total. The van der Waals surface area contributed by atoms with Crippen molar-refractivity contribution in [2.45, 2.75) is 58.9 Å². The molecule has 3 N–H and O–H groups in total. The van der Waals surface area contributed by atoms with Crippen LogP contribution in [0.4, 0.5) is 0 Å². The van der Waals surface area contributed by atoms with E-state index in [4.69, 9.17) is 5.73 Å². The minimum Gasteiger partial charge on any atom is -0.355 e. The first-order chi connectivity index (χ1) is 9.54. The number of rotatable bonds is 9. The van der Waals surface area contributed by atoms with Crippen molar-refractivity contribution in [1.29, 1.82) is 0 Å². The zero-order valence-electron chi connectivity index (χ0n) is 13.5. The molecule has 0 aromatic heterocycles. The molecule has 0 aromatic rings. The van der Waals surface area contributed by atoms with Crippen molar-refractivity contribution in [1.82, 2.24) is 10.2 Å². The third-order valence-electron chi connectivity index (χ3n) is 4.41. The molecule has 1 heterocycles. The number of hydrogen-bond acceptors (Lipinski definition) is 3. The number of nitrogens with two attached hydrogens (primary N) is 1. The number of amides is 1. The van der Waals surface area contributed by atoms with Crippen molar-refractivity contribution < 1.29 is 4.79 Å². The molecule has 1 aliphatic heterocycles. The molecule has 1 aliphatic rings. The van der Waals surface area contributed by atoms with E-state index in [0.29, 0.717) is 30.8 Å². The average molecular weight is 283 g/mol. The Morgan fingerprint density at radius 2 is 1.85 bits per heavy atom. The quantitative estimate of drug-likeness (QED) is 0.680. The Balaban J connectivity index is 2.26. The van der Waals surface area contributed by atoms with Crippen molar-refractivity contribution in [3.05, 3.63) is 0 Å². The molecule has 1 rings (SSSR count). The lowest BCUT2D eigenvalue weighted by Crippen LogP contribution is -2.45. The van der Waals surface area contributed by atoms with Crippen molar-refractivity contribution >= 4 is 5.91 Å². The van der Waals surface area contributed by atoms with Crippen molar-refractivity contribution in [3.8, 4) is 0 Å². The number of hydrogen-bond donors (Lipinski definition) is 2. The van der Waals surface area contributed by atoms with E-state index in [1.54, 1.807) is 0 Å². The molecule has 4 heteroatoms. The van der Waals surface area contributed by atoms with Crippen LogP contribution < -0.4 is 11.1 Å². The van der Waals surface area contributed by atoms with Gasteiger partial charge in [0.1, 0.15) is 0 Å². The van der Waals surface area contributed by atoms with Crippen LogP contribution in [0.2, 0.25) is 0 Å². The molecule has 0 bridgehead atoms. The fourth-order valence-electron chi connectivity index (χ4n) is 2.97. The van der Waals surface area contributed by atoms with Gasteiger partial charge < -0.3 is 11.1 Å². The normalized spacial score (nSPS) is 19.2. The highest BCUT2D eigenvalue weighted by Crippen LogP contribution is 2.17. The second-order valence-electron chi connectivity index (χ2n) is 6.58. The van der Waals surface area contributed by atoms with Gasteiger partial charge in [-0.25, -0.2) is 0 Å². The number of likely N-dealkylation sites (tertiary alicyclic amines) is 1. The molecule has 1 saturated heterocycles. The van der Waals surface area contributed by atoms with Crippen LogP contribution in [0.3, 0.4) is 0 Å². The summed E-state index contributed by atoms with van der Waals surface area (Å²) in [5.41, 5.74) is 5.53. The fourth-order valence-corrected chi connectivity index (χ4v) is 2.97. The molecular weight excluding hydrogens is 250 g/mol. The Hall–Kier alpha value is -0.610. The smallest absolute Gasteiger partial charge is 0.220 e. The monoisotopic (exact) mass is 283 g/mol. The third-order valence-corrected chi connectivity index (χ3v) is 4.41. The summed E-state index contributed by atoms with van der Waals surface area (Å²) in [6, 6.07) is 0.489. The zero-order valence-corrected chi connectivity index (χ0v) is 13.5. The second-order valence-corrected chi connectivity index (χ2v) is 6.58. The van der Waals surface area contributed by atoms with E-state index in [1.165, 1.54) is 25.9 Å². The first-order valence-corrected chi connectivity index (χ1v) is 8.25. The molecule has 2 unspecified atom stereocenters. The Kier molecular flexibility index (Phi) is 8.15. The predicted octanol–water partition coefficient (Wildman–Crippen LogP) is 1.99. The maximum atomic E-state index is 11.9. The predicted molar refractivity (Wildman–Crippen MR) is 84.5 cm³/mol. The highest BCUT2D eigenvalue weighted by Gasteiger charge is 2.24. The second kappa shape index (κ2) is 9.35. The van der Waals surface area contributed by atoms with Crippen LogP contribution in [-0.4, -0.2) is 43.0 Å². The van der Waals surface area contributed by atoms with E-state index in [0.717, 1.165) is 19.4 Å². The van der Waals surface area contributed by atoms with Gasteiger partial charge in [0, 0.05) is 19.0 Å². The van der Waals surface area contributed by atoms with Crippen LogP contribution in [0.15, 0.2) is 0 Å². The van der Waals surface area contributed by atoms with Crippen molar-refractivity contribution in [3.63, 3.8) is 0 Å². The van der Waals surface area contributed by atoms with Gasteiger partial charge in [0.05, 0.1) is 0 Å². The lowest BCUT2D eigenvalue weighted by Gasteiger charge is -2.31. The van der Waals surface area contributed by atoms with E-state index < -0.39 is 0 Å². The summed E-state index contributed by atoms with van der Waals surface area (Å²) < 4.78 is 0. The Labute approximate surface area is 124 Å². The number of nitrogens with one attached hydrogen (secondary N) is 1. The Morgan fingerprint density at radius 3 is 2.40 bits per heavy atom. The standard InChI is InChI=1S/C16H33N3O/c1-13(2)15(19-10-4-5-11-19)12-18-16(20)7-6-14(3)8-9-17/h13-15H,4-12,17H2,1-3H3,(H,18,20). The van der Waals surface area contributed by atoms with Gasteiger partial charge >= 0.3 is 0 Å². The summed E-state index contributed by atoms with van der Waals surface area (Å²) in [4.78, 5) is 14.5. The van der Waals surface area contributed by atoms with E-state index >= 15 is 0 Å². The SMILES string of the molecule is CC(CCN)CCC(=O)NCC(C(C)C)N1CCCC1. The van der Waals surface area contributed by atoms with Gasteiger partial charge in [0.2, 0.25) is 5.91 Å². The maximum Gasteiger partial charge on any atom is 0.220 e. The Morgan fingerprint density at radius 1 is 1.20 bits per heavy atom. The lowest BCUT2D eigenvalue weighted by atomic mass is 10.0. The van der Waals surface area contributed by atoms with Crippen molar-refractivity contribution in [2.75, 3.05) is 26.2 Å². The molecule has 0 saturated carbocycles. The minimum absolute atomic E-state index is 0.193. The molecule has 118 valence electrons. The lowest BCUT2D eigenvalue weighted by molar-refractivity contribution is -0.121. The highest BCUT2D eigenvalue weighted by molar-refractivity contribution is 5.75. The van der Waals surface area contributed by atoms with Crippen LogP contribution >= 0.6 is 0 Å². The van der Waals surface area contributed by atoms with E-state index in [-0.39, 0.29) is 5.91 Å². The van der Waals surface area contributed by atoms with Crippen LogP contribution in [-0.2, 0) is 4.79 Å². The summed E-state index contributed by atoms with van der Waals surface area (Å²) >= 11 is 0. The van der Waals surface area contributed by atoms with Gasteiger partial charge in [-0.15, -0.1) is 0 Å². The summed E-state index contributed by atoms with van der Waals surface area (Å²) in [5, 5.41) is 3.13. The van der Waals surface area contributed by atoms with Gasteiger partial charge in [-0.2, -0.15) is 0 Å². The zero-order chi connectivity index (χ0) is 15.0. The highest BCUT2D eigenvalue weighted by atomic mass is 16.1. The summed E-state index contributed by atoms with van der Waals surface area (Å²) in [5.74, 6) is 1.33. The van der Waals surface area contributed by atoms with Gasteiger partial charge in [0.15, 0.2) is 0 Å². The Bertz CT molecular complexity index is 275. The van der Waals surface area contributed by atoms with Crippen LogP contribution in [0, 0.1) is 11.8 Å². The van der Waals surface area contributed by atoms with E-state index in [1.807, 2.05) is 0 Å². The molecule has 2 atom stereocenters. The molecule has 0 aromatic carbocycles. The van der Waals surface area contributed by atoms with Gasteiger partial charge in [0.25, 0.3) is 0 Å². The van der Waals surface area contributed by atoms with Crippen molar-refractivity contribution in [2.24, 2.45) is 17.6 Å². The summed E-state index contributed by atoms with van der Waals surface area (Å²) in [6.07, 6.45) is 5.18. The number of carbonyl (C=O) groups is 1. The third kappa shape index (κ3) is 6.23. The van der Waals surface area contributed by atoms with Crippen LogP contribution in [0.25, 0.3) is 0 Å². The van der Waals surface area contributed by atoms with Gasteiger partial charge in [-0.1, -0.05) is 20.8 Å². The van der Waals surface area contributed by atoms with Gasteiger partial charge in [-0.3, -0.25) is 9.69 Å². The fraction of sp³-hybridized carbons (Fsp3) is 0.938. The first-order valence-electron chi connectivity index (χ1n) is 8.25. The first kappa shape index (κ1) is 17.4. The van der Waals surface area contributed by atoms with E-state index in [2.05, 4.69) is 31.0 Å². The largest absolute Gasteiger partial charge is 0.355 e. The van der Waals surface area contributed by atoms with Crippen LogP contribution in [0.5, 0.6) is 0 Å². The minimum atomic E-state index is 0.193. The maximum absolute atomic E-state index is 11.9. The summed E-state index contributed by atoms with van der Waals surface area (Å²) in [7, 11) is 0. The molecular formula is C16H33N3O. The molecule has 0 spiro atoms.